The van der Waals surface area contributed by atoms with Crippen LogP contribution in [0.25, 0.3) is 10.9 Å². The van der Waals surface area contributed by atoms with Crippen LogP contribution in [0.3, 0.4) is 0 Å². The summed E-state index contributed by atoms with van der Waals surface area (Å²) in [5.41, 5.74) is 1.28. The molecule has 1 aliphatic rings. The number of hydrogen-bond acceptors (Lipinski definition) is 6. The molecule has 9 heteroatoms. The number of carbonyl (C=O) groups excluding carboxylic acids is 2. The molecule has 3 aromatic rings. The minimum absolute atomic E-state index is 0.00930. The number of aromatic nitrogens is 1. The average Bonchev–Trinajstić information content (AvgIpc) is 3.44. The van der Waals surface area contributed by atoms with Gasteiger partial charge in [-0.1, -0.05) is 12.1 Å². The minimum Gasteiger partial charge on any atom is -0.493 e. The monoisotopic (exact) mass is 487 g/mol. The minimum atomic E-state index is -0.695. The Kier molecular flexibility index (Phi) is 7.62. The van der Waals surface area contributed by atoms with E-state index in [2.05, 4.69) is 10.3 Å². The Morgan fingerprint density at radius 1 is 1.36 bits per heavy atom. The summed E-state index contributed by atoms with van der Waals surface area (Å²) in [5.74, 6) is 0.514. The summed E-state index contributed by atoms with van der Waals surface area (Å²) >= 11 is 3.07. The van der Waals surface area contributed by atoms with Gasteiger partial charge in [0.15, 0.2) is 0 Å². The van der Waals surface area contributed by atoms with Gasteiger partial charge in [-0.05, 0) is 55.7 Å². The van der Waals surface area contributed by atoms with Crippen molar-refractivity contribution in [2.75, 3.05) is 26.0 Å². The fourth-order valence-corrected chi connectivity index (χ4v) is 6.06. The van der Waals surface area contributed by atoms with E-state index in [0.29, 0.717) is 31.7 Å². The number of β-amino-alcohol motifs (C(OH)–C–C–N with tert-alkyl or cyclic N) is 1. The van der Waals surface area contributed by atoms with Crippen molar-refractivity contribution < 1.29 is 19.4 Å². The second-order valence-electron chi connectivity index (χ2n) is 8.10. The van der Waals surface area contributed by atoms with Crippen molar-refractivity contribution in [2.45, 2.75) is 37.2 Å². The smallest absolute Gasteiger partial charge is 0.267 e. The highest BCUT2D eigenvalue weighted by Crippen LogP contribution is 2.33. The molecular formula is C24H29N3O4S2. The molecule has 176 valence electrons. The van der Waals surface area contributed by atoms with Gasteiger partial charge < -0.3 is 25.0 Å². The van der Waals surface area contributed by atoms with Crippen molar-refractivity contribution in [2.24, 2.45) is 0 Å². The molecule has 2 amide bonds. The van der Waals surface area contributed by atoms with E-state index in [1.54, 1.807) is 22.3 Å². The predicted octanol–water partition coefficient (Wildman–Crippen LogP) is 3.81. The summed E-state index contributed by atoms with van der Waals surface area (Å²) in [5, 5.41) is 16.2. The molecule has 1 aromatic carbocycles. The first kappa shape index (κ1) is 23.7. The van der Waals surface area contributed by atoms with E-state index in [1.807, 2.05) is 48.9 Å². The molecule has 3 heterocycles. The Hall–Kier alpha value is -2.49. The van der Waals surface area contributed by atoms with Gasteiger partial charge in [0.1, 0.15) is 16.7 Å². The van der Waals surface area contributed by atoms with Crippen LogP contribution in [0, 0.1) is 0 Å². The fourth-order valence-electron chi connectivity index (χ4n) is 4.25. The Labute approximate surface area is 201 Å². The highest BCUT2D eigenvalue weighted by Gasteiger charge is 2.31. The third kappa shape index (κ3) is 5.37. The number of carbonyl (C=O) groups is 2. The predicted molar refractivity (Wildman–Crippen MR) is 133 cm³/mol. The van der Waals surface area contributed by atoms with Crippen molar-refractivity contribution in [3.05, 3.63) is 52.3 Å². The van der Waals surface area contributed by atoms with E-state index >= 15 is 0 Å². The van der Waals surface area contributed by atoms with Crippen molar-refractivity contribution >= 4 is 45.8 Å². The molecule has 33 heavy (non-hydrogen) atoms. The van der Waals surface area contributed by atoms with Gasteiger partial charge in [0, 0.05) is 34.9 Å². The van der Waals surface area contributed by atoms with Crippen LogP contribution in [0.5, 0.6) is 5.75 Å². The summed E-state index contributed by atoms with van der Waals surface area (Å²) < 4.78 is 5.66. The maximum Gasteiger partial charge on any atom is 0.267 e. The molecule has 0 aliphatic carbocycles. The molecule has 1 fully saturated rings. The largest absolute Gasteiger partial charge is 0.493 e. The summed E-state index contributed by atoms with van der Waals surface area (Å²) in [7, 11) is 0. The second-order valence-corrected chi connectivity index (χ2v) is 10.0. The van der Waals surface area contributed by atoms with Crippen LogP contribution in [-0.2, 0) is 4.79 Å². The first-order valence-electron chi connectivity index (χ1n) is 11.1. The van der Waals surface area contributed by atoms with Gasteiger partial charge in [-0.2, -0.15) is 0 Å². The van der Waals surface area contributed by atoms with E-state index in [-0.39, 0.29) is 29.7 Å². The number of ether oxygens (including phenoxy) is 1. The lowest BCUT2D eigenvalue weighted by molar-refractivity contribution is -0.131. The molecule has 1 unspecified atom stereocenters. The van der Waals surface area contributed by atoms with Gasteiger partial charge >= 0.3 is 0 Å². The maximum atomic E-state index is 13.2. The van der Waals surface area contributed by atoms with Gasteiger partial charge in [-0.25, -0.2) is 0 Å². The molecule has 4 rings (SSSR count). The number of fused-ring (bicyclic) bond motifs is 1. The van der Waals surface area contributed by atoms with Gasteiger partial charge in [0.05, 0.1) is 12.7 Å². The number of thioether (sulfide) groups is 1. The van der Waals surface area contributed by atoms with E-state index in [0.717, 1.165) is 21.5 Å². The number of H-pyrrole nitrogens is 1. The third-order valence-electron chi connectivity index (χ3n) is 5.81. The topological polar surface area (TPSA) is 94.7 Å². The molecule has 2 aromatic heterocycles. The van der Waals surface area contributed by atoms with E-state index < -0.39 is 6.10 Å². The summed E-state index contributed by atoms with van der Waals surface area (Å²) in [4.78, 5) is 32.0. The van der Waals surface area contributed by atoms with Crippen LogP contribution in [0.15, 0.2) is 41.8 Å². The quantitative estimate of drug-likeness (QED) is 0.471. The van der Waals surface area contributed by atoms with Crippen molar-refractivity contribution in [1.82, 2.24) is 15.2 Å². The molecule has 3 N–H and O–H groups in total. The SMILES string of the molecule is CCOc1cccc2[nH]c(C(=O)N[C@@H]3CCN(C(=O)C(SC)c4cccs4)C[C@H](O)C3)cc12. The third-order valence-corrected chi connectivity index (χ3v) is 7.83. The normalized spacial score (nSPS) is 19.8. The molecule has 7 nitrogen and oxygen atoms in total. The molecule has 0 bridgehead atoms. The molecule has 3 atom stereocenters. The number of hydrogen-bond donors (Lipinski definition) is 3. The number of thiophene rings is 1. The van der Waals surface area contributed by atoms with Crippen LogP contribution >= 0.6 is 23.1 Å². The molecule has 1 aliphatic heterocycles. The first-order valence-corrected chi connectivity index (χ1v) is 13.2. The number of aliphatic hydroxyl groups is 1. The van der Waals surface area contributed by atoms with E-state index in [9.17, 15) is 14.7 Å². The van der Waals surface area contributed by atoms with Crippen molar-refractivity contribution in [3.8, 4) is 5.75 Å². The number of likely N-dealkylation sites (tertiary alicyclic amines) is 1. The second kappa shape index (κ2) is 10.6. The zero-order chi connectivity index (χ0) is 23.4. The average molecular weight is 488 g/mol. The van der Waals surface area contributed by atoms with Gasteiger partial charge in [0.2, 0.25) is 5.91 Å². The van der Waals surface area contributed by atoms with E-state index in [1.165, 1.54) is 11.8 Å². The molecule has 0 saturated carbocycles. The van der Waals surface area contributed by atoms with Crippen LogP contribution < -0.4 is 10.1 Å². The zero-order valence-corrected chi connectivity index (χ0v) is 20.4. The number of aliphatic hydroxyl groups excluding tert-OH is 1. The lowest BCUT2D eigenvalue weighted by Gasteiger charge is -2.26. The zero-order valence-electron chi connectivity index (χ0n) is 18.7. The number of amides is 2. The summed E-state index contributed by atoms with van der Waals surface area (Å²) in [6.07, 6.45) is 2.23. The molecule has 1 saturated heterocycles. The highest BCUT2D eigenvalue weighted by atomic mass is 32.2. The molecule has 0 spiro atoms. The van der Waals surface area contributed by atoms with Crippen molar-refractivity contribution in [3.63, 3.8) is 0 Å². The first-order chi connectivity index (χ1) is 16.0. The van der Waals surface area contributed by atoms with Crippen molar-refractivity contribution in [1.29, 1.82) is 0 Å². The highest BCUT2D eigenvalue weighted by molar-refractivity contribution is 7.99. The Morgan fingerprint density at radius 3 is 2.94 bits per heavy atom. The van der Waals surface area contributed by atoms with E-state index in [4.69, 9.17) is 4.74 Å². The summed E-state index contributed by atoms with van der Waals surface area (Å²) in [6.45, 7) is 3.24. The molecular weight excluding hydrogens is 458 g/mol. The number of aromatic amines is 1. The number of nitrogens with zero attached hydrogens (tertiary/aromatic N) is 1. The van der Waals surface area contributed by atoms with Crippen LogP contribution in [0.4, 0.5) is 0 Å². The van der Waals surface area contributed by atoms with Gasteiger partial charge in [0.25, 0.3) is 5.91 Å². The number of rotatable bonds is 7. The van der Waals surface area contributed by atoms with Crippen LogP contribution in [0.1, 0.15) is 40.4 Å². The Balaban J connectivity index is 1.42. The number of nitrogens with one attached hydrogen (secondary N) is 2. The Morgan fingerprint density at radius 2 is 2.21 bits per heavy atom. The van der Waals surface area contributed by atoms with Crippen LogP contribution in [0.2, 0.25) is 0 Å². The fraction of sp³-hybridized carbons (Fsp3) is 0.417. The van der Waals surface area contributed by atoms with Crippen LogP contribution in [-0.4, -0.2) is 64.9 Å². The lowest BCUT2D eigenvalue weighted by atomic mass is 10.1. The lowest BCUT2D eigenvalue weighted by Crippen LogP contribution is -2.38. The molecule has 0 radical (unpaired) electrons. The maximum absolute atomic E-state index is 13.2. The van der Waals surface area contributed by atoms with Gasteiger partial charge in [-0.3, -0.25) is 9.59 Å². The van der Waals surface area contributed by atoms with Gasteiger partial charge in [-0.15, -0.1) is 23.1 Å². The standard InChI is InChI=1S/C24H29N3O4S2/c1-3-31-20-7-4-6-18-17(20)13-19(26-18)23(29)25-15-9-10-27(14-16(28)12-15)24(30)22(32-2)21-8-5-11-33-21/h4-8,11,13,15-16,22,26,28H,3,9-10,12,14H2,1-2H3,(H,25,29)/t15-,16-,22?/m1/s1. The number of benzene rings is 1. The Bertz CT molecular complexity index is 1100. The summed E-state index contributed by atoms with van der Waals surface area (Å²) in [6, 6.07) is 11.2.